The maximum atomic E-state index is 12.5. The molecule has 0 radical (unpaired) electrons. The highest BCUT2D eigenvalue weighted by Crippen LogP contribution is 2.33. The fourth-order valence-electron chi connectivity index (χ4n) is 3.98. The Bertz CT molecular complexity index is 320. The van der Waals surface area contributed by atoms with Crippen molar-refractivity contribution in [2.45, 2.75) is 50.6 Å². The van der Waals surface area contributed by atoms with Gasteiger partial charge in [0.2, 0.25) is 5.91 Å². The number of fused-ring (bicyclic) bond motifs is 1. The summed E-state index contributed by atoms with van der Waals surface area (Å²) in [6.45, 7) is 2.53. The lowest BCUT2D eigenvalue weighted by molar-refractivity contribution is -0.132. The van der Waals surface area contributed by atoms with E-state index in [9.17, 15) is 4.79 Å². The van der Waals surface area contributed by atoms with Crippen LogP contribution in [0.15, 0.2) is 0 Å². The molecular formula is C15H27ClN2O2. The summed E-state index contributed by atoms with van der Waals surface area (Å²) in [5.41, 5.74) is 0. The summed E-state index contributed by atoms with van der Waals surface area (Å²) in [6, 6.07) is 0.673. The average molecular weight is 303 g/mol. The first-order valence-corrected chi connectivity index (χ1v) is 7.83. The highest BCUT2D eigenvalue weighted by atomic mass is 35.5. The zero-order valence-corrected chi connectivity index (χ0v) is 13.2. The minimum absolute atomic E-state index is 0. The van der Waals surface area contributed by atoms with Crippen molar-refractivity contribution < 1.29 is 9.53 Å². The van der Waals surface area contributed by atoms with Crippen molar-refractivity contribution in [3.8, 4) is 0 Å². The second-order valence-electron chi connectivity index (χ2n) is 6.55. The summed E-state index contributed by atoms with van der Waals surface area (Å²) in [6.07, 6.45) is 7.38. The lowest BCUT2D eigenvalue weighted by atomic mass is 9.85. The molecule has 2 heterocycles. The molecule has 0 bridgehead atoms. The third-order valence-corrected chi connectivity index (χ3v) is 5.09. The molecule has 0 aromatic rings. The van der Waals surface area contributed by atoms with Crippen molar-refractivity contribution in [3.63, 3.8) is 0 Å². The number of carbonyl (C=O) groups is 1. The number of hydrogen-bond donors (Lipinski definition) is 1. The van der Waals surface area contributed by atoms with Crippen LogP contribution in [0.1, 0.15) is 38.5 Å². The van der Waals surface area contributed by atoms with Crippen molar-refractivity contribution in [2.24, 2.45) is 11.8 Å². The number of amides is 1. The Kier molecular flexibility index (Phi) is 5.70. The average Bonchev–Trinajstić information content (AvgIpc) is 3.05. The summed E-state index contributed by atoms with van der Waals surface area (Å²) in [4.78, 5) is 14.4. The molecule has 4 nitrogen and oxygen atoms in total. The van der Waals surface area contributed by atoms with E-state index in [0.717, 1.165) is 38.5 Å². The number of rotatable bonds is 3. The van der Waals surface area contributed by atoms with E-state index in [-0.39, 0.29) is 18.4 Å². The maximum Gasteiger partial charge on any atom is 0.239 e. The van der Waals surface area contributed by atoms with Crippen LogP contribution in [0.5, 0.6) is 0 Å². The number of hydrogen-bond acceptors (Lipinski definition) is 3. The van der Waals surface area contributed by atoms with Gasteiger partial charge >= 0.3 is 0 Å². The predicted octanol–water partition coefficient (Wildman–Crippen LogP) is 1.82. The van der Waals surface area contributed by atoms with Gasteiger partial charge in [0, 0.05) is 32.2 Å². The second kappa shape index (κ2) is 7.10. The summed E-state index contributed by atoms with van der Waals surface area (Å²) >= 11 is 0. The van der Waals surface area contributed by atoms with Gasteiger partial charge in [-0.1, -0.05) is 12.8 Å². The van der Waals surface area contributed by atoms with Gasteiger partial charge in [0.05, 0.1) is 12.6 Å². The van der Waals surface area contributed by atoms with E-state index in [1.54, 1.807) is 0 Å². The first kappa shape index (κ1) is 16.1. The lowest BCUT2D eigenvalue weighted by Crippen LogP contribution is -2.45. The van der Waals surface area contributed by atoms with Gasteiger partial charge in [-0.25, -0.2) is 0 Å². The Balaban J connectivity index is 0.00000147. The Morgan fingerprint density at radius 2 is 2.10 bits per heavy atom. The van der Waals surface area contributed by atoms with Crippen LogP contribution in [-0.4, -0.2) is 49.7 Å². The molecule has 3 aliphatic rings. The van der Waals surface area contributed by atoms with E-state index < -0.39 is 0 Å². The zero-order chi connectivity index (χ0) is 13.2. The van der Waals surface area contributed by atoms with E-state index in [4.69, 9.17) is 4.74 Å². The van der Waals surface area contributed by atoms with Crippen LogP contribution < -0.4 is 5.32 Å². The van der Waals surface area contributed by atoms with Crippen LogP contribution in [0.3, 0.4) is 0 Å². The summed E-state index contributed by atoms with van der Waals surface area (Å²) < 4.78 is 5.39. The molecule has 4 unspecified atom stereocenters. The molecule has 1 N–H and O–H groups in total. The molecule has 0 spiro atoms. The predicted molar refractivity (Wildman–Crippen MR) is 81.1 cm³/mol. The van der Waals surface area contributed by atoms with E-state index in [2.05, 4.69) is 5.32 Å². The second-order valence-corrected chi connectivity index (χ2v) is 6.55. The fraction of sp³-hybridized carbons (Fsp3) is 0.933. The molecule has 0 aromatic carbocycles. The third kappa shape index (κ3) is 3.46. The molecule has 116 valence electrons. The van der Waals surface area contributed by atoms with Crippen LogP contribution in [-0.2, 0) is 9.53 Å². The van der Waals surface area contributed by atoms with Gasteiger partial charge < -0.3 is 15.0 Å². The monoisotopic (exact) mass is 302 g/mol. The van der Waals surface area contributed by atoms with Crippen LogP contribution in [0.2, 0.25) is 0 Å². The van der Waals surface area contributed by atoms with Crippen LogP contribution in [0.4, 0.5) is 0 Å². The highest BCUT2D eigenvalue weighted by molar-refractivity contribution is 5.85. The van der Waals surface area contributed by atoms with Crippen molar-refractivity contribution >= 4 is 18.3 Å². The molecule has 5 heteroatoms. The maximum absolute atomic E-state index is 12.5. The molecule has 1 saturated carbocycles. The minimum Gasteiger partial charge on any atom is -0.381 e. The molecule has 1 amide bonds. The van der Waals surface area contributed by atoms with Crippen molar-refractivity contribution in [3.05, 3.63) is 0 Å². The largest absolute Gasteiger partial charge is 0.381 e. The van der Waals surface area contributed by atoms with Gasteiger partial charge in [0.1, 0.15) is 0 Å². The third-order valence-electron chi connectivity index (χ3n) is 5.09. The van der Waals surface area contributed by atoms with Gasteiger partial charge in [-0.05, 0) is 31.6 Å². The molecule has 3 fully saturated rings. The number of nitrogens with zero attached hydrogens (tertiary/aromatic N) is 1. The van der Waals surface area contributed by atoms with Gasteiger partial charge in [-0.2, -0.15) is 0 Å². The Morgan fingerprint density at radius 3 is 2.80 bits per heavy atom. The van der Waals surface area contributed by atoms with Crippen LogP contribution >= 0.6 is 12.4 Å². The molecule has 2 aliphatic heterocycles. The van der Waals surface area contributed by atoms with Crippen LogP contribution in [0, 0.1) is 11.8 Å². The van der Waals surface area contributed by atoms with Gasteiger partial charge in [0.15, 0.2) is 0 Å². The van der Waals surface area contributed by atoms with E-state index in [1.165, 1.54) is 25.7 Å². The Hall–Kier alpha value is -0.320. The quantitative estimate of drug-likeness (QED) is 0.865. The molecule has 4 atom stereocenters. The number of ether oxygens (including phenoxy) is 1. The molecular weight excluding hydrogens is 276 g/mol. The molecule has 3 rings (SSSR count). The number of halogens is 1. The summed E-state index contributed by atoms with van der Waals surface area (Å²) in [5, 5.41) is 3.58. The number of carbonyl (C=O) groups excluding carboxylic acids is 1. The SMILES string of the molecule is CN(CC1CCOC1)C(=O)C1CC2CCCCC2N1.Cl. The fourth-order valence-corrected chi connectivity index (χ4v) is 3.98. The van der Waals surface area contributed by atoms with Gasteiger partial charge in [-0.3, -0.25) is 4.79 Å². The van der Waals surface area contributed by atoms with Crippen molar-refractivity contribution in [1.29, 1.82) is 0 Å². The van der Waals surface area contributed by atoms with Crippen molar-refractivity contribution in [1.82, 2.24) is 10.2 Å². The smallest absolute Gasteiger partial charge is 0.239 e. The lowest BCUT2D eigenvalue weighted by Gasteiger charge is -2.25. The van der Waals surface area contributed by atoms with E-state index in [0.29, 0.717) is 17.9 Å². The van der Waals surface area contributed by atoms with Crippen LogP contribution in [0.25, 0.3) is 0 Å². The van der Waals surface area contributed by atoms with E-state index >= 15 is 0 Å². The topological polar surface area (TPSA) is 41.6 Å². The normalized spacial score (nSPS) is 36.2. The summed E-state index contributed by atoms with van der Waals surface area (Å²) in [5.74, 6) is 1.57. The number of likely N-dealkylation sites (N-methyl/N-ethyl adjacent to an activating group) is 1. The minimum atomic E-state index is 0. The standard InChI is InChI=1S/C15H26N2O2.ClH/c1-17(9-11-6-7-19-10-11)15(18)14-8-12-4-2-3-5-13(12)16-14;/h11-14,16H,2-10H2,1H3;1H. The van der Waals surface area contributed by atoms with Gasteiger partial charge in [-0.15, -0.1) is 12.4 Å². The molecule has 20 heavy (non-hydrogen) atoms. The summed E-state index contributed by atoms with van der Waals surface area (Å²) in [7, 11) is 1.95. The van der Waals surface area contributed by atoms with Gasteiger partial charge in [0.25, 0.3) is 0 Å². The van der Waals surface area contributed by atoms with Crippen molar-refractivity contribution in [2.75, 3.05) is 26.8 Å². The first-order chi connectivity index (χ1) is 9.24. The number of nitrogens with one attached hydrogen (secondary N) is 1. The van der Waals surface area contributed by atoms with E-state index in [1.807, 2.05) is 11.9 Å². The molecule has 0 aromatic heterocycles. The highest BCUT2D eigenvalue weighted by Gasteiger charge is 2.39. The Morgan fingerprint density at radius 1 is 1.30 bits per heavy atom. The zero-order valence-electron chi connectivity index (χ0n) is 12.3. The molecule has 1 aliphatic carbocycles. The molecule has 2 saturated heterocycles. The Labute approximate surface area is 128 Å². The first-order valence-electron chi connectivity index (χ1n) is 7.83.